The van der Waals surface area contributed by atoms with Gasteiger partial charge in [0.15, 0.2) is 11.5 Å². The van der Waals surface area contributed by atoms with E-state index in [9.17, 15) is 9.59 Å². The van der Waals surface area contributed by atoms with E-state index in [0.717, 1.165) is 6.29 Å². The van der Waals surface area contributed by atoms with E-state index in [1.807, 2.05) is 0 Å². The Bertz CT molecular complexity index is 626. The van der Waals surface area contributed by atoms with Crippen molar-refractivity contribution in [1.82, 2.24) is 5.32 Å². The monoisotopic (exact) mass is 347 g/mol. The predicted molar refractivity (Wildman–Crippen MR) is 97.2 cm³/mol. The summed E-state index contributed by atoms with van der Waals surface area (Å²) in [7, 11) is 0.169. The SMILES string of the molecule is COc1cc(C=O)ccc1OCCC(=O)NCCC#C[Si](C)(C)C. The zero-order chi connectivity index (χ0) is 18.0. The number of hydrogen-bond donors (Lipinski definition) is 1. The van der Waals surface area contributed by atoms with Gasteiger partial charge in [-0.1, -0.05) is 19.6 Å². The molecule has 0 saturated carbocycles. The Labute approximate surface area is 144 Å². The van der Waals surface area contributed by atoms with Crippen LogP contribution in [0, 0.1) is 11.5 Å². The molecule has 0 spiro atoms. The summed E-state index contributed by atoms with van der Waals surface area (Å²) >= 11 is 0. The van der Waals surface area contributed by atoms with E-state index >= 15 is 0 Å². The van der Waals surface area contributed by atoms with Crippen LogP contribution in [0.1, 0.15) is 23.2 Å². The first-order chi connectivity index (χ1) is 11.4. The van der Waals surface area contributed by atoms with Crippen LogP contribution in [0.25, 0.3) is 0 Å². The molecule has 0 heterocycles. The first kappa shape index (κ1) is 19.8. The number of methoxy groups -OCH3 is 1. The van der Waals surface area contributed by atoms with Crippen molar-refractivity contribution in [3.63, 3.8) is 0 Å². The van der Waals surface area contributed by atoms with Crippen LogP contribution < -0.4 is 14.8 Å². The number of carbonyl (C=O) groups is 2. The second-order valence-corrected chi connectivity index (χ2v) is 11.0. The first-order valence-electron chi connectivity index (χ1n) is 7.88. The van der Waals surface area contributed by atoms with E-state index in [2.05, 4.69) is 36.4 Å². The number of carbonyl (C=O) groups excluding carboxylic acids is 2. The number of amides is 1. The largest absolute Gasteiger partial charge is 0.493 e. The Balaban J connectivity index is 2.33. The average molecular weight is 347 g/mol. The third-order valence-electron chi connectivity index (χ3n) is 2.95. The van der Waals surface area contributed by atoms with Gasteiger partial charge in [0, 0.05) is 18.5 Å². The number of ether oxygens (including phenoxy) is 2. The van der Waals surface area contributed by atoms with E-state index in [4.69, 9.17) is 9.47 Å². The highest BCUT2D eigenvalue weighted by atomic mass is 28.3. The molecule has 0 aliphatic heterocycles. The topological polar surface area (TPSA) is 64.6 Å². The zero-order valence-corrected chi connectivity index (χ0v) is 15.8. The minimum absolute atomic E-state index is 0.0757. The molecular weight excluding hydrogens is 322 g/mol. The first-order valence-corrected chi connectivity index (χ1v) is 11.4. The molecule has 0 atom stereocenters. The molecule has 0 bridgehead atoms. The number of nitrogens with one attached hydrogen (secondary N) is 1. The Morgan fingerprint density at radius 1 is 1.29 bits per heavy atom. The number of hydrogen-bond acceptors (Lipinski definition) is 4. The van der Waals surface area contributed by atoms with E-state index in [0.29, 0.717) is 30.0 Å². The summed E-state index contributed by atoms with van der Waals surface area (Å²) in [6, 6.07) is 4.90. The fourth-order valence-corrected chi connectivity index (χ4v) is 2.47. The maximum absolute atomic E-state index is 11.7. The van der Waals surface area contributed by atoms with Crippen LogP contribution in [0.15, 0.2) is 18.2 Å². The summed E-state index contributed by atoms with van der Waals surface area (Å²) in [5, 5.41) is 2.82. The van der Waals surface area contributed by atoms with Gasteiger partial charge in [0.2, 0.25) is 5.91 Å². The fraction of sp³-hybridized carbons (Fsp3) is 0.444. The van der Waals surface area contributed by atoms with Crippen LogP contribution in [0.3, 0.4) is 0 Å². The molecule has 130 valence electrons. The van der Waals surface area contributed by atoms with E-state index < -0.39 is 8.07 Å². The van der Waals surface area contributed by atoms with Crippen LogP contribution in [-0.4, -0.2) is 40.5 Å². The van der Waals surface area contributed by atoms with Crippen molar-refractivity contribution in [2.45, 2.75) is 32.5 Å². The van der Waals surface area contributed by atoms with Crippen molar-refractivity contribution >= 4 is 20.3 Å². The summed E-state index contributed by atoms with van der Waals surface area (Å²) in [5.41, 5.74) is 3.77. The number of rotatable bonds is 8. The van der Waals surface area contributed by atoms with Crippen molar-refractivity contribution in [2.24, 2.45) is 0 Å². The van der Waals surface area contributed by atoms with Crippen LogP contribution in [-0.2, 0) is 4.79 Å². The molecule has 0 saturated heterocycles. The van der Waals surface area contributed by atoms with Crippen LogP contribution in [0.4, 0.5) is 0 Å². The highest BCUT2D eigenvalue weighted by molar-refractivity contribution is 6.83. The van der Waals surface area contributed by atoms with Crippen molar-refractivity contribution in [3.05, 3.63) is 23.8 Å². The molecule has 0 aromatic heterocycles. The predicted octanol–water partition coefficient (Wildman–Crippen LogP) is 2.66. The molecule has 1 aromatic carbocycles. The Morgan fingerprint density at radius 3 is 2.67 bits per heavy atom. The molecule has 6 heteroatoms. The lowest BCUT2D eigenvalue weighted by atomic mass is 10.2. The molecular formula is C18H25NO4Si. The van der Waals surface area contributed by atoms with E-state index in [1.165, 1.54) is 7.11 Å². The minimum atomic E-state index is -1.34. The summed E-state index contributed by atoms with van der Waals surface area (Å²) in [6.07, 6.45) is 1.66. The van der Waals surface area contributed by atoms with Gasteiger partial charge in [-0.05, 0) is 18.2 Å². The lowest BCUT2D eigenvalue weighted by molar-refractivity contribution is -0.121. The lowest BCUT2D eigenvalue weighted by Crippen LogP contribution is -2.26. The van der Waals surface area contributed by atoms with Crippen molar-refractivity contribution < 1.29 is 19.1 Å². The van der Waals surface area contributed by atoms with Crippen molar-refractivity contribution in [2.75, 3.05) is 20.3 Å². The second-order valence-electron chi connectivity index (χ2n) is 6.28. The Kier molecular flexibility index (Phi) is 8.06. The highest BCUT2D eigenvalue weighted by Gasteiger charge is 2.08. The van der Waals surface area contributed by atoms with Crippen LogP contribution in [0.5, 0.6) is 11.5 Å². The summed E-state index contributed by atoms with van der Waals surface area (Å²) in [4.78, 5) is 22.5. The minimum Gasteiger partial charge on any atom is -0.493 e. The molecule has 0 aliphatic rings. The van der Waals surface area contributed by atoms with Gasteiger partial charge in [0.25, 0.3) is 0 Å². The van der Waals surface area contributed by atoms with Crippen LogP contribution in [0.2, 0.25) is 19.6 Å². The van der Waals surface area contributed by atoms with Gasteiger partial charge < -0.3 is 14.8 Å². The zero-order valence-electron chi connectivity index (χ0n) is 14.8. The quantitative estimate of drug-likeness (QED) is 0.340. The summed E-state index contributed by atoms with van der Waals surface area (Å²) in [5.74, 6) is 4.02. The average Bonchev–Trinajstić information content (AvgIpc) is 2.53. The van der Waals surface area contributed by atoms with Crippen molar-refractivity contribution in [3.8, 4) is 23.0 Å². The molecule has 24 heavy (non-hydrogen) atoms. The van der Waals surface area contributed by atoms with Gasteiger partial charge >= 0.3 is 0 Å². The van der Waals surface area contributed by atoms with Gasteiger partial charge in [0.05, 0.1) is 20.1 Å². The summed E-state index contributed by atoms with van der Waals surface area (Å²) in [6.45, 7) is 7.35. The second kappa shape index (κ2) is 9.78. The Morgan fingerprint density at radius 2 is 2.04 bits per heavy atom. The third-order valence-corrected chi connectivity index (χ3v) is 3.87. The van der Waals surface area contributed by atoms with Gasteiger partial charge in [-0.15, -0.1) is 11.5 Å². The lowest BCUT2D eigenvalue weighted by Gasteiger charge is -2.11. The van der Waals surface area contributed by atoms with E-state index in [-0.39, 0.29) is 18.9 Å². The van der Waals surface area contributed by atoms with Gasteiger partial charge in [-0.25, -0.2) is 0 Å². The van der Waals surface area contributed by atoms with Gasteiger partial charge in [-0.2, -0.15) is 0 Å². The molecule has 0 aliphatic carbocycles. The Hall–Kier alpha value is -2.26. The molecule has 1 amide bonds. The molecule has 1 aromatic rings. The normalized spacial score (nSPS) is 10.3. The number of benzene rings is 1. The third kappa shape index (κ3) is 7.84. The van der Waals surface area contributed by atoms with Gasteiger partial charge in [0.1, 0.15) is 14.4 Å². The smallest absolute Gasteiger partial charge is 0.223 e. The molecule has 0 fully saturated rings. The molecule has 1 rings (SSSR count). The standard InChI is InChI=1S/C18H25NO4Si/c1-22-17-13-15(14-20)7-8-16(17)23-11-9-18(21)19-10-5-6-12-24(2,3)4/h7-8,13-14H,5,9-11H2,1-4H3,(H,19,21). The molecule has 0 radical (unpaired) electrons. The maximum atomic E-state index is 11.7. The number of aldehydes is 1. The molecule has 0 unspecified atom stereocenters. The van der Waals surface area contributed by atoms with Crippen LogP contribution >= 0.6 is 0 Å². The fourth-order valence-electron chi connectivity index (χ4n) is 1.81. The maximum Gasteiger partial charge on any atom is 0.223 e. The highest BCUT2D eigenvalue weighted by Crippen LogP contribution is 2.27. The molecule has 1 N–H and O–H groups in total. The molecule has 5 nitrogen and oxygen atoms in total. The van der Waals surface area contributed by atoms with Crippen molar-refractivity contribution in [1.29, 1.82) is 0 Å². The van der Waals surface area contributed by atoms with Gasteiger partial charge in [-0.3, -0.25) is 9.59 Å². The van der Waals surface area contributed by atoms with E-state index in [1.54, 1.807) is 18.2 Å². The summed E-state index contributed by atoms with van der Waals surface area (Å²) < 4.78 is 10.7.